The first-order chi connectivity index (χ1) is 12.3. The third kappa shape index (κ3) is 4.32. The summed E-state index contributed by atoms with van der Waals surface area (Å²) in [5.74, 6) is 1.23. The monoisotopic (exact) mass is 355 g/mol. The number of benzene rings is 1. The number of amides is 1. The molecule has 5 heteroatoms. The summed E-state index contributed by atoms with van der Waals surface area (Å²) in [7, 11) is 0. The van der Waals surface area contributed by atoms with Crippen LogP contribution < -0.4 is 5.32 Å². The topological polar surface area (TPSA) is 68.0 Å². The molecule has 1 aliphatic rings. The Morgan fingerprint density at radius 3 is 2.42 bits per heavy atom. The molecule has 26 heavy (non-hydrogen) atoms. The molecule has 3 rings (SSSR count). The fourth-order valence-corrected chi connectivity index (χ4v) is 3.41. The summed E-state index contributed by atoms with van der Waals surface area (Å²) in [5.41, 5.74) is 2.29. The SMILES string of the molecule is C[C@H](NC(=O)C1CCCCC1)c1nc(-c2ccc(C(C)(C)C)cc2)no1. The lowest BCUT2D eigenvalue weighted by atomic mass is 9.87. The van der Waals surface area contributed by atoms with Gasteiger partial charge in [0.05, 0.1) is 0 Å². The molecule has 140 valence electrons. The van der Waals surface area contributed by atoms with Crippen LogP contribution in [0.1, 0.15) is 77.3 Å². The third-order valence-corrected chi connectivity index (χ3v) is 5.16. The van der Waals surface area contributed by atoms with Gasteiger partial charge in [0, 0.05) is 11.5 Å². The number of nitrogens with one attached hydrogen (secondary N) is 1. The maximum atomic E-state index is 12.4. The smallest absolute Gasteiger partial charge is 0.249 e. The van der Waals surface area contributed by atoms with E-state index in [1.165, 1.54) is 12.0 Å². The largest absolute Gasteiger partial charge is 0.344 e. The van der Waals surface area contributed by atoms with E-state index in [1.807, 2.05) is 19.1 Å². The molecule has 1 aromatic heterocycles. The Morgan fingerprint density at radius 1 is 1.15 bits per heavy atom. The number of hydrogen-bond donors (Lipinski definition) is 1. The zero-order valence-electron chi connectivity index (χ0n) is 16.2. The lowest BCUT2D eigenvalue weighted by Gasteiger charge is -2.22. The van der Waals surface area contributed by atoms with Crippen molar-refractivity contribution in [1.82, 2.24) is 15.5 Å². The molecule has 1 amide bonds. The summed E-state index contributed by atoms with van der Waals surface area (Å²) in [5, 5.41) is 7.11. The molecule has 1 N–H and O–H groups in total. The van der Waals surface area contributed by atoms with Gasteiger partial charge < -0.3 is 9.84 Å². The molecule has 5 nitrogen and oxygen atoms in total. The highest BCUT2D eigenvalue weighted by molar-refractivity contribution is 5.79. The van der Waals surface area contributed by atoms with E-state index in [0.29, 0.717) is 11.7 Å². The van der Waals surface area contributed by atoms with E-state index in [4.69, 9.17) is 4.52 Å². The van der Waals surface area contributed by atoms with Crippen LogP contribution >= 0.6 is 0 Å². The van der Waals surface area contributed by atoms with Crippen LogP contribution in [0.2, 0.25) is 0 Å². The van der Waals surface area contributed by atoms with Crippen molar-refractivity contribution in [2.75, 3.05) is 0 Å². The second kappa shape index (κ2) is 7.60. The molecular weight excluding hydrogens is 326 g/mol. The van der Waals surface area contributed by atoms with E-state index in [0.717, 1.165) is 31.2 Å². The summed E-state index contributed by atoms with van der Waals surface area (Å²) in [6.45, 7) is 8.45. The highest BCUT2D eigenvalue weighted by Gasteiger charge is 2.24. The van der Waals surface area contributed by atoms with Crippen LogP contribution in [0.4, 0.5) is 0 Å². The summed E-state index contributed by atoms with van der Waals surface area (Å²) < 4.78 is 5.39. The molecule has 0 spiro atoms. The lowest BCUT2D eigenvalue weighted by molar-refractivity contribution is -0.126. The van der Waals surface area contributed by atoms with Gasteiger partial charge in [-0.3, -0.25) is 4.79 Å². The van der Waals surface area contributed by atoms with Crippen LogP contribution in [-0.2, 0) is 10.2 Å². The maximum absolute atomic E-state index is 12.4. The van der Waals surface area contributed by atoms with Gasteiger partial charge in [-0.1, -0.05) is 69.5 Å². The van der Waals surface area contributed by atoms with Crippen molar-refractivity contribution in [3.8, 4) is 11.4 Å². The van der Waals surface area contributed by atoms with E-state index in [1.54, 1.807) is 0 Å². The summed E-state index contributed by atoms with van der Waals surface area (Å²) >= 11 is 0. The molecule has 1 atom stereocenters. The van der Waals surface area contributed by atoms with Gasteiger partial charge in [-0.05, 0) is 30.7 Å². The molecule has 0 bridgehead atoms. The van der Waals surface area contributed by atoms with Crippen LogP contribution in [0.25, 0.3) is 11.4 Å². The van der Waals surface area contributed by atoms with Crippen molar-refractivity contribution in [3.05, 3.63) is 35.7 Å². The van der Waals surface area contributed by atoms with E-state index >= 15 is 0 Å². The van der Waals surface area contributed by atoms with Gasteiger partial charge in [-0.2, -0.15) is 4.98 Å². The highest BCUT2D eigenvalue weighted by Crippen LogP contribution is 2.27. The van der Waals surface area contributed by atoms with E-state index in [-0.39, 0.29) is 23.3 Å². The van der Waals surface area contributed by atoms with Crippen LogP contribution in [0.15, 0.2) is 28.8 Å². The number of hydrogen-bond acceptors (Lipinski definition) is 4. The highest BCUT2D eigenvalue weighted by atomic mass is 16.5. The minimum absolute atomic E-state index is 0.103. The Bertz CT molecular complexity index is 737. The molecule has 1 fully saturated rings. The summed E-state index contributed by atoms with van der Waals surface area (Å²) in [6.07, 6.45) is 5.48. The zero-order chi connectivity index (χ0) is 18.7. The molecule has 0 radical (unpaired) electrons. The number of carbonyl (C=O) groups is 1. The van der Waals surface area contributed by atoms with Crippen molar-refractivity contribution in [2.24, 2.45) is 5.92 Å². The van der Waals surface area contributed by atoms with Gasteiger partial charge in [0.25, 0.3) is 0 Å². The van der Waals surface area contributed by atoms with Crippen LogP contribution in [0.5, 0.6) is 0 Å². The van der Waals surface area contributed by atoms with Gasteiger partial charge >= 0.3 is 0 Å². The number of rotatable bonds is 4. The van der Waals surface area contributed by atoms with Crippen LogP contribution in [0, 0.1) is 5.92 Å². The van der Waals surface area contributed by atoms with Crippen LogP contribution in [-0.4, -0.2) is 16.0 Å². The number of nitrogens with zero attached hydrogens (tertiary/aromatic N) is 2. The van der Waals surface area contributed by atoms with Gasteiger partial charge in [-0.25, -0.2) is 0 Å². The molecular formula is C21H29N3O2. The van der Waals surface area contributed by atoms with Crippen molar-refractivity contribution < 1.29 is 9.32 Å². The van der Waals surface area contributed by atoms with E-state index in [2.05, 4.69) is 48.4 Å². The van der Waals surface area contributed by atoms with Crippen molar-refractivity contribution in [2.45, 2.75) is 71.3 Å². The predicted molar refractivity (Wildman–Crippen MR) is 102 cm³/mol. The Balaban J connectivity index is 1.66. The normalized spacial score (nSPS) is 17.1. The van der Waals surface area contributed by atoms with E-state index < -0.39 is 0 Å². The Kier molecular flexibility index (Phi) is 5.44. The molecule has 1 aromatic carbocycles. The molecule has 1 aliphatic carbocycles. The predicted octanol–water partition coefficient (Wildman–Crippen LogP) is 4.79. The standard InChI is InChI=1S/C21H29N3O2/c1-14(22-19(25)16-8-6-5-7-9-16)20-23-18(24-26-20)15-10-12-17(13-11-15)21(2,3)4/h10-14,16H,5-9H2,1-4H3,(H,22,25)/t14-/m0/s1. The maximum Gasteiger partial charge on any atom is 0.249 e. The first-order valence-corrected chi connectivity index (χ1v) is 9.59. The fourth-order valence-electron chi connectivity index (χ4n) is 3.41. The zero-order valence-corrected chi connectivity index (χ0v) is 16.2. The van der Waals surface area contributed by atoms with Gasteiger partial charge in [-0.15, -0.1) is 0 Å². The van der Waals surface area contributed by atoms with Crippen LogP contribution in [0.3, 0.4) is 0 Å². The molecule has 1 saturated carbocycles. The Labute approximate surface area is 155 Å². The average Bonchev–Trinajstić information content (AvgIpc) is 3.12. The lowest BCUT2D eigenvalue weighted by Crippen LogP contribution is -2.33. The molecule has 0 aliphatic heterocycles. The summed E-state index contributed by atoms with van der Waals surface area (Å²) in [6, 6.07) is 7.94. The average molecular weight is 355 g/mol. The second-order valence-electron chi connectivity index (χ2n) is 8.35. The minimum Gasteiger partial charge on any atom is -0.344 e. The van der Waals surface area contributed by atoms with Gasteiger partial charge in [0.2, 0.25) is 17.6 Å². The molecule has 2 aromatic rings. The number of aromatic nitrogens is 2. The van der Waals surface area contributed by atoms with Gasteiger partial charge in [0.15, 0.2) is 0 Å². The first-order valence-electron chi connectivity index (χ1n) is 9.59. The van der Waals surface area contributed by atoms with E-state index in [9.17, 15) is 4.79 Å². The Hall–Kier alpha value is -2.17. The Morgan fingerprint density at radius 2 is 1.81 bits per heavy atom. The van der Waals surface area contributed by atoms with Gasteiger partial charge in [0.1, 0.15) is 6.04 Å². The number of carbonyl (C=O) groups excluding carboxylic acids is 1. The molecule has 0 unspecified atom stereocenters. The van der Waals surface area contributed by atoms with Crippen molar-refractivity contribution in [3.63, 3.8) is 0 Å². The second-order valence-corrected chi connectivity index (χ2v) is 8.35. The first kappa shape index (κ1) is 18.6. The third-order valence-electron chi connectivity index (χ3n) is 5.16. The minimum atomic E-state index is -0.278. The molecule has 0 saturated heterocycles. The quantitative estimate of drug-likeness (QED) is 0.856. The summed E-state index contributed by atoms with van der Waals surface area (Å²) in [4.78, 5) is 16.9. The van der Waals surface area contributed by atoms with Crippen molar-refractivity contribution >= 4 is 5.91 Å². The molecule has 1 heterocycles. The fraction of sp³-hybridized carbons (Fsp3) is 0.571. The van der Waals surface area contributed by atoms with Crippen molar-refractivity contribution in [1.29, 1.82) is 0 Å².